The lowest BCUT2D eigenvalue weighted by Crippen LogP contribution is -2.10. The van der Waals surface area contributed by atoms with Crippen molar-refractivity contribution in [2.75, 3.05) is 0 Å². The molecule has 5 nitrogen and oxygen atoms in total. The third-order valence-corrected chi connectivity index (χ3v) is 3.52. The Labute approximate surface area is 124 Å². The van der Waals surface area contributed by atoms with Gasteiger partial charge in [-0.05, 0) is 24.3 Å². The highest BCUT2D eigenvalue weighted by atomic mass is 35.5. The van der Waals surface area contributed by atoms with Crippen LogP contribution in [0.25, 0.3) is 10.9 Å². The maximum atomic E-state index is 12.5. The van der Waals surface area contributed by atoms with Gasteiger partial charge < -0.3 is 0 Å². The van der Waals surface area contributed by atoms with Crippen LogP contribution >= 0.6 is 11.6 Å². The fourth-order valence-electron chi connectivity index (χ4n) is 2.25. The van der Waals surface area contributed by atoms with Crippen molar-refractivity contribution in [3.05, 3.63) is 75.4 Å². The summed E-state index contributed by atoms with van der Waals surface area (Å²) in [6, 6.07) is 13.0. The summed E-state index contributed by atoms with van der Waals surface area (Å²) >= 11 is 6.12. The van der Waals surface area contributed by atoms with Crippen LogP contribution < -0.4 is 0 Å². The maximum absolute atomic E-state index is 12.5. The van der Waals surface area contributed by atoms with Gasteiger partial charge in [-0.25, -0.2) is 0 Å². The number of nitrogens with zero attached hydrogens (tertiary/aromatic N) is 2. The average molecular weight is 301 g/mol. The number of nitro groups is 1. The van der Waals surface area contributed by atoms with Gasteiger partial charge in [0.15, 0.2) is 0 Å². The number of benzene rings is 2. The second kappa shape index (κ2) is 5.03. The van der Waals surface area contributed by atoms with Crippen molar-refractivity contribution in [1.29, 1.82) is 0 Å². The zero-order valence-electron chi connectivity index (χ0n) is 10.7. The van der Waals surface area contributed by atoms with Crippen molar-refractivity contribution >= 4 is 34.1 Å². The first-order valence-corrected chi connectivity index (χ1v) is 6.51. The number of aromatic nitrogens is 1. The fraction of sp³-hybridized carbons (Fsp3) is 0. The van der Waals surface area contributed by atoms with Gasteiger partial charge in [0, 0.05) is 17.8 Å². The van der Waals surface area contributed by atoms with Crippen LogP contribution in [0.15, 0.2) is 54.7 Å². The zero-order valence-corrected chi connectivity index (χ0v) is 11.4. The molecule has 0 saturated carbocycles. The predicted molar refractivity (Wildman–Crippen MR) is 79.8 cm³/mol. The van der Waals surface area contributed by atoms with Gasteiger partial charge in [-0.15, -0.1) is 0 Å². The molecule has 3 rings (SSSR count). The van der Waals surface area contributed by atoms with E-state index in [2.05, 4.69) is 0 Å². The van der Waals surface area contributed by atoms with E-state index in [0.717, 1.165) is 0 Å². The van der Waals surface area contributed by atoms with E-state index in [4.69, 9.17) is 11.6 Å². The Morgan fingerprint density at radius 3 is 2.48 bits per heavy atom. The van der Waals surface area contributed by atoms with Crippen molar-refractivity contribution in [3.63, 3.8) is 0 Å². The fourth-order valence-corrected chi connectivity index (χ4v) is 2.51. The van der Waals surface area contributed by atoms with Crippen molar-refractivity contribution in [3.8, 4) is 0 Å². The number of carbonyl (C=O) groups is 1. The molecule has 21 heavy (non-hydrogen) atoms. The minimum atomic E-state index is -0.490. The molecule has 0 bridgehead atoms. The summed E-state index contributed by atoms with van der Waals surface area (Å²) in [4.78, 5) is 23.0. The predicted octanol–water partition coefficient (Wildman–Crippen LogP) is 3.89. The lowest BCUT2D eigenvalue weighted by atomic mass is 10.2. The molecule has 0 spiro atoms. The Morgan fingerprint density at radius 2 is 1.81 bits per heavy atom. The number of nitro benzene ring substituents is 1. The van der Waals surface area contributed by atoms with E-state index in [9.17, 15) is 14.9 Å². The number of hydrogen-bond acceptors (Lipinski definition) is 3. The standard InChI is InChI=1S/C15H9ClN2O3/c16-12-6-7-13(18(20)21)11-8-9-17(14(11)12)15(19)10-4-2-1-3-5-10/h1-9H. The molecule has 3 aromatic rings. The molecule has 1 aromatic heterocycles. The lowest BCUT2D eigenvalue weighted by Gasteiger charge is -2.05. The lowest BCUT2D eigenvalue weighted by molar-refractivity contribution is -0.383. The van der Waals surface area contributed by atoms with E-state index in [-0.39, 0.29) is 11.6 Å². The molecule has 1 heterocycles. The smallest absolute Gasteiger partial charge is 0.278 e. The van der Waals surface area contributed by atoms with E-state index < -0.39 is 4.92 Å². The molecule has 0 N–H and O–H groups in total. The summed E-state index contributed by atoms with van der Waals surface area (Å²) in [5.41, 5.74) is 0.756. The highest BCUT2D eigenvalue weighted by Gasteiger charge is 2.20. The van der Waals surface area contributed by atoms with Crippen molar-refractivity contribution < 1.29 is 9.72 Å². The summed E-state index contributed by atoms with van der Waals surface area (Å²) in [7, 11) is 0. The molecule has 0 aliphatic heterocycles. The normalized spacial score (nSPS) is 10.7. The molecular weight excluding hydrogens is 292 g/mol. The summed E-state index contributed by atoms with van der Waals surface area (Å²) in [5, 5.41) is 11.7. The minimum Gasteiger partial charge on any atom is -0.281 e. The second-order valence-corrected chi connectivity index (χ2v) is 4.85. The van der Waals surface area contributed by atoms with Crippen LogP contribution in [0.3, 0.4) is 0 Å². The van der Waals surface area contributed by atoms with E-state index in [0.29, 0.717) is 21.5 Å². The SMILES string of the molecule is O=C(c1ccccc1)n1ccc2c([N+](=O)[O-])ccc(Cl)c21. The van der Waals surface area contributed by atoms with Crippen LogP contribution in [0.1, 0.15) is 10.4 Å². The molecule has 0 unspecified atom stereocenters. The van der Waals surface area contributed by atoms with E-state index in [1.165, 1.54) is 29.0 Å². The Bertz CT molecular complexity index is 856. The largest absolute Gasteiger partial charge is 0.281 e. The van der Waals surface area contributed by atoms with Crippen LogP contribution in [-0.2, 0) is 0 Å². The topological polar surface area (TPSA) is 65.1 Å². The monoisotopic (exact) mass is 300 g/mol. The summed E-state index contributed by atoms with van der Waals surface area (Å²) in [6.45, 7) is 0. The van der Waals surface area contributed by atoms with Gasteiger partial charge in [0.25, 0.3) is 11.6 Å². The van der Waals surface area contributed by atoms with Gasteiger partial charge in [0.2, 0.25) is 0 Å². The number of hydrogen-bond donors (Lipinski definition) is 0. The molecule has 0 aliphatic rings. The van der Waals surface area contributed by atoms with Gasteiger partial charge in [-0.1, -0.05) is 29.8 Å². The molecule has 2 aromatic carbocycles. The zero-order chi connectivity index (χ0) is 15.0. The van der Waals surface area contributed by atoms with Gasteiger partial charge in [0.1, 0.15) is 0 Å². The van der Waals surface area contributed by atoms with Crippen molar-refractivity contribution in [2.24, 2.45) is 0 Å². The van der Waals surface area contributed by atoms with Gasteiger partial charge in [-0.3, -0.25) is 19.5 Å². The highest BCUT2D eigenvalue weighted by molar-refractivity contribution is 6.36. The number of carbonyl (C=O) groups excluding carboxylic acids is 1. The molecule has 0 aliphatic carbocycles. The Hall–Kier alpha value is -2.66. The van der Waals surface area contributed by atoms with Crippen LogP contribution in [0.5, 0.6) is 0 Å². The van der Waals surface area contributed by atoms with E-state index >= 15 is 0 Å². The van der Waals surface area contributed by atoms with E-state index in [1.54, 1.807) is 24.3 Å². The van der Waals surface area contributed by atoms with Crippen LogP contribution in [0, 0.1) is 10.1 Å². The van der Waals surface area contributed by atoms with Crippen LogP contribution in [-0.4, -0.2) is 15.4 Å². The first-order valence-electron chi connectivity index (χ1n) is 6.13. The van der Waals surface area contributed by atoms with Crippen molar-refractivity contribution in [1.82, 2.24) is 4.57 Å². The van der Waals surface area contributed by atoms with Crippen LogP contribution in [0.4, 0.5) is 5.69 Å². The Morgan fingerprint density at radius 1 is 1.10 bits per heavy atom. The third-order valence-electron chi connectivity index (χ3n) is 3.21. The number of fused-ring (bicyclic) bond motifs is 1. The summed E-state index contributed by atoms with van der Waals surface area (Å²) in [6.07, 6.45) is 1.50. The molecule has 0 fully saturated rings. The summed E-state index contributed by atoms with van der Waals surface area (Å²) in [5.74, 6) is -0.284. The van der Waals surface area contributed by atoms with Crippen LogP contribution in [0.2, 0.25) is 5.02 Å². The molecular formula is C15H9ClN2O3. The summed E-state index contributed by atoms with van der Waals surface area (Å²) < 4.78 is 1.33. The molecule has 0 radical (unpaired) electrons. The molecule has 6 heteroatoms. The number of non-ortho nitro benzene ring substituents is 1. The van der Waals surface area contributed by atoms with Gasteiger partial charge >= 0.3 is 0 Å². The number of halogens is 1. The molecule has 104 valence electrons. The van der Waals surface area contributed by atoms with Gasteiger partial charge in [0.05, 0.1) is 20.8 Å². The highest BCUT2D eigenvalue weighted by Crippen LogP contribution is 2.32. The Kier molecular flexibility index (Phi) is 3.19. The maximum Gasteiger partial charge on any atom is 0.278 e. The van der Waals surface area contributed by atoms with E-state index in [1.807, 2.05) is 6.07 Å². The third kappa shape index (κ3) is 2.17. The average Bonchev–Trinajstić information content (AvgIpc) is 2.93. The molecule has 0 amide bonds. The second-order valence-electron chi connectivity index (χ2n) is 4.44. The Balaban J connectivity index is 2.24. The van der Waals surface area contributed by atoms with Gasteiger partial charge in [-0.2, -0.15) is 0 Å². The first-order chi connectivity index (χ1) is 10.1. The molecule has 0 atom stereocenters. The molecule has 0 saturated heterocycles. The first kappa shape index (κ1) is 13.3. The van der Waals surface area contributed by atoms with Crippen molar-refractivity contribution in [2.45, 2.75) is 0 Å². The number of rotatable bonds is 2. The quantitative estimate of drug-likeness (QED) is 0.532. The minimum absolute atomic E-state index is 0.0750.